The summed E-state index contributed by atoms with van der Waals surface area (Å²) in [7, 11) is 0. The lowest BCUT2D eigenvalue weighted by molar-refractivity contribution is 0.102. The van der Waals surface area contributed by atoms with Gasteiger partial charge in [0.2, 0.25) is 0 Å². The van der Waals surface area contributed by atoms with Gasteiger partial charge in [0.1, 0.15) is 16.8 Å². The molecule has 33 heavy (non-hydrogen) atoms. The van der Waals surface area contributed by atoms with E-state index in [4.69, 9.17) is 9.72 Å². The number of thioether (sulfide) groups is 1. The Balaban J connectivity index is 1.74. The first-order chi connectivity index (χ1) is 16.2. The smallest absolute Gasteiger partial charge is 0.173 e. The van der Waals surface area contributed by atoms with Crippen LogP contribution >= 0.6 is 11.8 Å². The van der Waals surface area contributed by atoms with Crippen molar-refractivity contribution in [2.75, 3.05) is 12.4 Å². The van der Waals surface area contributed by atoms with Crippen LogP contribution in [0.25, 0.3) is 22.4 Å². The van der Waals surface area contributed by atoms with Crippen LogP contribution in [0.1, 0.15) is 22.8 Å². The van der Waals surface area contributed by atoms with Crippen molar-refractivity contribution in [3.63, 3.8) is 0 Å². The van der Waals surface area contributed by atoms with Crippen LogP contribution in [-0.4, -0.2) is 23.1 Å². The van der Waals surface area contributed by atoms with Gasteiger partial charge in [-0.3, -0.25) is 4.79 Å². The molecule has 0 saturated heterocycles. The largest absolute Gasteiger partial charge is 0.494 e. The second-order valence-corrected chi connectivity index (χ2v) is 8.21. The Bertz CT molecular complexity index is 1280. The second kappa shape index (κ2) is 10.6. The van der Waals surface area contributed by atoms with Gasteiger partial charge < -0.3 is 4.74 Å². The van der Waals surface area contributed by atoms with Crippen molar-refractivity contribution in [1.82, 2.24) is 4.98 Å². The zero-order chi connectivity index (χ0) is 23.0. The molecule has 0 atom stereocenters. The number of carbonyl (C=O) groups is 1. The van der Waals surface area contributed by atoms with E-state index in [1.807, 2.05) is 85.8 Å². The molecule has 0 N–H and O–H groups in total. The van der Waals surface area contributed by atoms with Gasteiger partial charge >= 0.3 is 0 Å². The number of ether oxygens (including phenoxy) is 1. The first-order valence-electron chi connectivity index (χ1n) is 10.6. The number of nitriles is 1. The van der Waals surface area contributed by atoms with Crippen molar-refractivity contribution in [2.45, 2.75) is 11.9 Å². The third kappa shape index (κ3) is 5.31. The predicted octanol–water partition coefficient (Wildman–Crippen LogP) is 6.66. The van der Waals surface area contributed by atoms with Gasteiger partial charge in [0.15, 0.2) is 5.78 Å². The lowest BCUT2D eigenvalue weighted by Gasteiger charge is -2.13. The first kappa shape index (κ1) is 22.3. The van der Waals surface area contributed by atoms with Crippen molar-refractivity contribution in [1.29, 1.82) is 5.26 Å². The van der Waals surface area contributed by atoms with Crippen molar-refractivity contribution in [3.05, 3.63) is 102 Å². The highest BCUT2D eigenvalue weighted by molar-refractivity contribution is 8.00. The minimum atomic E-state index is -0.000906. The van der Waals surface area contributed by atoms with Crippen LogP contribution in [-0.2, 0) is 0 Å². The fraction of sp³-hybridized carbons (Fsp3) is 0.107. The fourth-order valence-electron chi connectivity index (χ4n) is 3.46. The first-order valence-corrected chi connectivity index (χ1v) is 11.6. The Labute approximate surface area is 197 Å². The lowest BCUT2D eigenvalue weighted by Crippen LogP contribution is -2.04. The van der Waals surface area contributed by atoms with Gasteiger partial charge in [-0.05, 0) is 42.8 Å². The Hall–Kier alpha value is -3.88. The average molecular weight is 451 g/mol. The predicted molar refractivity (Wildman–Crippen MR) is 132 cm³/mol. The van der Waals surface area contributed by atoms with Gasteiger partial charge in [0.05, 0.1) is 23.6 Å². The highest BCUT2D eigenvalue weighted by atomic mass is 32.2. The van der Waals surface area contributed by atoms with E-state index in [1.165, 1.54) is 11.8 Å². The monoisotopic (exact) mass is 450 g/mol. The number of rotatable bonds is 8. The number of Topliss-reactive ketones (excluding diaryl/α,β-unsaturated/α-hetero) is 1. The van der Waals surface area contributed by atoms with Gasteiger partial charge in [-0.2, -0.15) is 5.26 Å². The molecule has 3 aromatic carbocycles. The molecular weight excluding hydrogens is 428 g/mol. The molecule has 162 valence electrons. The van der Waals surface area contributed by atoms with E-state index in [2.05, 4.69) is 6.07 Å². The van der Waals surface area contributed by atoms with E-state index < -0.39 is 0 Å². The molecule has 0 radical (unpaired) electrons. The number of benzene rings is 3. The van der Waals surface area contributed by atoms with Crippen molar-refractivity contribution in [2.24, 2.45) is 0 Å². The molecule has 4 nitrogen and oxygen atoms in total. The number of nitrogens with zero attached hydrogens (tertiary/aromatic N) is 2. The molecule has 0 aliphatic rings. The molecule has 0 fully saturated rings. The van der Waals surface area contributed by atoms with Crippen LogP contribution in [0.3, 0.4) is 0 Å². The fourth-order valence-corrected chi connectivity index (χ4v) is 4.35. The molecule has 4 rings (SSSR count). The lowest BCUT2D eigenvalue weighted by atomic mass is 9.99. The third-order valence-electron chi connectivity index (χ3n) is 5.08. The summed E-state index contributed by atoms with van der Waals surface area (Å²) in [5, 5.41) is 10.5. The molecular formula is C28H22N2O2S. The Morgan fingerprint density at radius 3 is 2.24 bits per heavy atom. The van der Waals surface area contributed by atoms with Crippen LogP contribution < -0.4 is 4.74 Å². The summed E-state index contributed by atoms with van der Waals surface area (Å²) in [6, 6.07) is 30.9. The van der Waals surface area contributed by atoms with E-state index in [0.29, 0.717) is 22.8 Å². The van der Waals surface area contributed by atoms with Gasteiger partial charge in [-0.15, -0.1) is 0 Å². The SMILES string of the molecule is CCOc1ccc(-c2cc(-c3ccccc3)c(C#N)c(SCC(=O)c3ccccc3)n2)cc1. The van der Waals surface area contributed by atoms with Gasteiger partial charge in [0.25, 0.3) is 0 Å². The normalized spacial score (nSPS) is 10.4. The van der Waals surface area contributed by atoms with Crippen LogP contribution in [0.2, 0.25) is 0 Å². The summed E-state index contributed by atoms with van der Waals surface area (Å²) in [5.74, 6) is 0.993. The van der Waals surface area contributed by atoms with Crippen molar-refractivity contribution in [3.8, 4) is 34.2 Å². The Kier molecular flexibility index (Phi) is 7.19. The maximum absolute atomic E-state index is 12.7. The summed E-state index contributed by atoms with van der Waals surface area (Å²) in [4.78, 5) is 17.5. The van der Waals surface area contributed by atoms with E-state index in [1.54, 1.807) is 12.1 Å². The quantitative estimate of drug-likeness (QED) is 0.222. The third-order valence-corrected chi connectivity index (χ3v) is 6.06. The summed E-state index contributed by atoms with van der Waals surface area (Å²) < 4.78 is 5.55. The summed E-state index contributed by atoms with van der Waals surface area (Å²) in [6.07, 6.45) is 0. The summed E-state index contributed by atoms with van der Waals surface area (Å²) >= 11 is 1.30. The molecule has 0 unspecified atom stereocenters. The van der Waals surface area contributed by atoms with Crippen LogP contribution in [0.15, 0.2) is 96.0 Å². The summed E-state index contributed by atoms with van der Waals surface area (Å²) in [6.45, 7) is 2.55. The van der Waals surface area contributed by atoms with E-state index in [-0.39, 0.29) is 11.5 Å². The molecule has 5 heteroatoms. The zero-order valence-corrected chi connectivity index (χ0v) is 19.0. The minimum Gasteiger partial charge on any atom is -0.494 e. The molecule has 0 bridgehead atoms. The van der Waals surface area contributed by atoms with E-state index >= 15 is 0 Å². The van der Waals surface area contributed by atoms with E-state index in [9.17, 15) is 10.1 Å². The number of pyridine rings is 1. The number of carbonyl (C=O) groups excluding carboxylic acids is 1. The molecule has 0 amide bonds. The highest BCUT2D eigenvalue weighted by Gasteiger charge is 2.17. The molecule has 0 aliphatic carbocycles. The van der Waals surface area contributed by atoms with Crippen molar-refractivity contribution < 1.29 is 9.53 Å². The van der Waals surface area contributed by atoms with Gasteiger partial charge in [-0.1, -0.05) is 72.4 Å². The van der Waals surface area contributed by atoms with E-state index in [0.717, 1.165) is 28.1 Å². The molecule has 0 aliphatic heterocycles. The molecule has 1 aromatic heterocycles. The second-order valence-electron chi connectivity index (χ2n) is 7.25. The van der Waals surface area contributed by atoms with Gasteiger partial charge in [0, 0.05) is 16.7 Å². The van der Waals surface area contributed by atoms with Gasteiger partial charge in [-0.25, -0.2) is 4.98 Å². The average Bonchev–Trinajstić information content (AvgIpc) is 2.88. The molecule has 4 aromatic rings. The topological polar surface area (TPSA) is 63.0 Å². The Morgan fingerprint density at radius 1 is 0.939 bits per heavy atom. The molecule has 1 heterocycles. The highest BCUT2D eigenvalue weighted by Crippen LogP contribution is 2.34. The number of hydrogen-bond acceptors (Lipinski definition) is 5. The number of aromatic nitrogens is 1. The summed E-state index contributed by atoms with van der Waals surface area (Å²) in [5.41, 5.74) is 4.50. The van der Waals surface area contributed by atoms with Crippen LogP contribution in [0.5, 0.6) is 5.75 Å². The van der Waals surface area contributed by atoms with Crippen LogP contribution in [0.4, 0.5) is 0 Å². The minimum absolute atomic E-state index is 0.000906. The van der Waals surface area contributed by atoms with Crippen molar-refractivity contribution >= 4 is 17.5 Å². The zero-order valence-electron chi connectivity index (χ0n) is 18.2. The Morgan fingerprint density at radius 2 is 1.61 bits per heavy atom. The molecule has 0 spiro atoms. The standard InChI is InChI=1S/C28H22N2O2S/c1-2-32-23-15-13-21(14-16-23)26-17-24(20-9-5-3-6-10-20)25(18-29)28(30-26)33-19-27(31)22-11-7-4-8-12-22/h3-17H,2,19H2,1H3. The molecule has 0 saturated carbocycles. The number of ketones is 1. The maximum atomic E-state index is 12.7. The number of hydrogen-bond donors (Lipinski definition) is 0. The van der Waals surface area contributed by atoms with Crippen LogP contribution in [0, 0.1) is 11.3 Å². The maximum Gasteiger partial charge on any atom is 0.173 e.